The number of hydrogen-bond donors (Lipinski definition) is 1. The maximum absolute atomic E-state index is 13.5. The Balaban J connectivity index is 2.30. The number of aromatic nitrogens is 3. The van der Waals surface area contributed by atoms with Crippen LogP contribution in [0.25, 0.3) is 0 Å². The van der Waals surface area contributed by atoms with Crippen LogP contribution in [0.2, 0.25) is 0 Å². The zero-order chi connectivity index (χ0) is 15.6. The summed E-state index contributed by atoms with van der Waals surface area (Å²) in [4.78, 5) is 22.9. The van der Waals surface area contributed by atoms with Gasteiger partial charge in [0.2, 0.25) is 17.7 Å². The Morgan fingerprint density at radius 2 is 2.05 bits per heavy atom. The molecule has 10 heteroatoms. The minimum absolute atomic E-state index is 0.00778. The van der Waals surface area contributed by atoms with E-state index >= 15 is 0 Å². The first kappa shape index (κ1) is 14.4. The SMILES string of the molecule is CN(C)c1nc(N)nc(Oc2ccc([N+](=O)[O-])c(F)c2)n1. The van der Waals surface area contributed by atoms with E-state index in [1.165, 1.54) is 6.07 Å². The Bertz CT molecular complexity index is 694. The van der Waals surface area contributed by atoms with Crippen LogP contribution in [0.4, 0.5) is 22.0 Å². The predicted octanol–water partition coefficient (Wildman–Crippen LogP) is 1.36. The number of anilines is 2. The maximum atomic E-state index is 13.5. The molecule has 2 N–H and O–H groups in total. The standard InChI is InChI=1S/C11H11FN6O3/c1-17(2)10-14-9(13)15-11(16-10)21-6-3-4-8(18(19)20)7(12)5-6/h3-5H,1-2H3,(H2,13,14,15,16). The molecule has 0 aliphatic heterocycles. The van der Waals surface area contributed by atoms with Crippen molar-refractivity contribution in [2.75, 3.05) is 24.7 Å². The zero-order valence-corrected chi connectivity index (χ0v) is 11.1. The van der Waals surface area contributed by atoms with E-state index in [2.05, 4.69) is 15.0 Å². The molecule has 0 spiro atoms. The van der Waals surface area contributed by atoms with Gasteiger partial charge in [0.25, 0.3) is 0 Å². The molecule has 0 aliphatic rings. The molecule has 0 unspecified atom stereocenters. The molecule has 0 saturated heterocycles. The van der Waals surface area contributed by atoms with Crippen molar-refractivity contribution in [1.29, 1.82) is 0 Å². The van der Waals surface area contributed by atoms with E-state index in [0.717, 1.165) is 12.1 Å². The molecule has 1 aromatic carbocycles. The lowest BCUT2D eigenvalue weighted by Gasteiger charge is -2.11. The third-order valence-electron chi connectivity index (χ3n) is 2.35. The average molecular weight is 294 g/mol. The largest absolute Gasteiger partial charge is 0.424 e. The Morgan fingerprint density at radius 3 is 2.62 bits per heavy atom. The fourth-order valence-corrected chi connectivity index (χ4v) is 1.41. The molecule has 0 bridgehead atoms. The van der Waals surface area contributed by atoms with Gasteiger partial charge in [-0.3, -0.25) is 10.1 Å². The van der Waals surface area contributed by atoms with Crippen molar-refractivity contribution in [3.8, 4) is 11.8 Å². The van der Waals surface area contributed by atoms with Gasteiger partial charge in [0, 0.05) is 26.2 Å². The lowest BCUT2D eigenvalue weighted by Crippen LogP contribution is -2.15. The second-order valence-electron chi connectivity index (χ2n) is 4.14. The first-order valence-corrected chi connectivity index (χ1v) is 5.67. The predicted molar refractivity (Wildman–Crippen MR) is 71.7 cm³/mol. The second kappa shape index (κ2) is 5.53. The molecule has 0 fully saturated rings. The second-order valence-corrected chi connectivity index (χ2v) is 4.14. The molecule has 2 rings (SSSR count). The van der Waals surface area contributed by atoms with Crippen LogP contribution in [0.15, 0.2) is 18.2 Å². The topological polar surface area (TPSA) is 120 Å². The van der Waals surface area contributed by atoms with Gasteiger partial charge >= 0.3 is 11.7 Å². The van der Waals surface area contributed by atoms with Crippen LogP contribution in [-0.4, -0.2) is 34.0 Å². The quantitative estimate of drug-likeness (QED) is 0.662. The van der Waals surface area contributed by atoms with Crippen molar-refractivity contribution in [3.63, 3.8) is 0 Å². The minimum atomic E-state index is -1.02. The third-order valence-corrected chi connectivity index (χ3v) is 2.35. The van der Waals surface area contributed by atoms with Crippen LogP contribution < -0.4 is 15.4 Å². The van der Waals surface area contributed by atoms with Gasteiger partial charge in [-0.2, -0.15) is 19.3 Å². The van der Waals surface area contributed by atoms with Crippen LogP contribution in [0.1, 0.15) is 0 Å². The smallest absolute Gasteiger partial charge is 0.328 e. The van der Waals surface area contributed by atoms with Crippen LogP contribution in [0.3, 0.4) is 0 Å². The molecule has 110 valence electrons. The summed E-state index contributed by atoms with van der Waals surface area (Å²) in [7, 11) is 3.40. The highest BCUT2D eigenvalue weighted by atomic mass is 19.1. The zero-order valence-electron chi connectivity index (χ0n) is 11.1. The molecular formula is C11H11FN6O3. The minimum Gasteiger partial charge on any atom is -0.424 e. The molecule has 2 aromatic rings. The highest BCUT2D eigenvalue weighted by molar-refractivity contribution is 5.40. The third kappa shape index (κ3) is 3.29. The van der Waals surface area contributed by atoms with E-state index in [1.807, 2.05) is 0 Å². The summed E-state index contributed by atoms with van der Waals surface area (Å²) in [5.74, 6) is -0.813. The Hall–Kier alpha value is -3.04. The number of nitro groups is 1. The summed E-state index contributed by atoms with van der Waals surface area (Å²) in [6, 6.07) is 2.95. The Morgan fingerprint density at radius 1 is 1.33 bits per heavy atom. The van der Waals surface area contributed by atoms with Gasteiger partial charge in [-0.1, -0.05) is 0 Å². The normalized spacial score (nSPS) is 10.2. The molecular weight excluding hydrogens is 283 g/mol. The van der Waals surface area contributed by atoms with Gasteiger partial charge in [0.05, 0.1) is 4.92 Å². The number of benzene rings is 1. The van der Waals surface area contributed by atoms with Crippen molar-refractivity contribution in [2.45, 2.75) is 0 Å². The first-order valence-electron chi connectivity index (χ1n) is 5.67. The summed E-state index contributed by atoms with van der Waals surface area (Å²) in [6.45, 7) is 0. The lowest BCUT2D eigenvalue weighted by atomic mass is 10.3. The highest BCUT2D eigenvalue weighted by Gasteiger charge is 2.15. The van der Waals surface area contributed by atoms with Crippen LogP contribution in [0, 0.1) is 15.9 Å². The first-order chi connectivity index (χ1) is 9.86. The fraction of sp³-hybridized carbons (Fsp3) is 0.182. The summed E-state index contributed by atoms with van der Waals surface area (Å²) in [5, 5.41) is 10.5. The van der Waals surface area contributed by atoms with Gasteiger partial charge in [-0.15, -0.1) is 0 Å². The van der Waals surface area contributed by atoms with Gasteiger partial charge in [-0.25, -0.2) is 0 Å². The molecule has 1 aromatic heterocycles. The van der Waals surface area contributed by atoms with E-state index in [4.69, 9.17) is 10.5 Å². The highest BCUT2D eigenvalue weighted by Crippen LogP contribution is 2.25. The van der Waals surface area contributed by atoms with Crippen LogP contribution in [-0.2, 0) is 0 Å². The summed E-state index contributed by atoms with van der Waals surface area (Å²) < 4.78 is 18.7. The Kier molecular flexibility index (Phi) is 3.78. The monoisotopic (exact) mass is 294 g/mol. The van der Waals surface area contributed by atoms with Crippen molar-refractivity contribution in [1.82, 2.24) is 15.0 Å². The van der Waals surface area contributed by atoms with Crippen LogP contribution in [0.5, 0.6) is 11.8 Å². The number of ether oxygens (including phenoxy) is 1. The van der Waals surface area contributed by atoms with E-state index in [-0.39, 0.29) is 23.7 Å². The van der Waals surface area contributed by atoms with Crippen molar-refractivity contribution < 1.29 is 14.1 Å². The van der Waals surface area contributed by atoms with Crippen molar-refractivity contribution >= 4 is 17.6 Å². The van der Waals surface area contributed by atoms with Crippen molar-refractivity contribution in [2.24, 2.45) is 0 Å². The molecule has 21 heavy (non-hydrogen) atoms. The number of rotatable bonds is 4. The van der Waals surface area contributed by atoms with Gasteiger partial charge in [0.1, 0.15) is 5.75 Å². The Labute approximate surface area is 118 Å². The number of nitrogens with two attached hydrogens (primary N) is 1. The molecule has 0 aliphatic carbocycles. The number of hydrogen-bond acceptors (Lipinski definition) is 8. The van der Waals surface area contributed by atoms with E-state index in [0.29, 0.717) is 0 Å². The molecule has 0 radical (unpaired) electrons. The van der Waals surface area contributed by atoms with Crippen LogP contribution >= 0.6 is 0 Å². The molecule has 0 amide bonds. The van der Waals surface area contributed by atoms with E-state index in [1.54, 1.807) is 19.0 Å². The van der Waals surface area contributed by atoms with E-state index < -0.39 is 16.4 Å². The summed E-state index contributed by atoms with van der Waals surface area (Å²) in [6.07, 6.45) is 0. The number of nitrogens with zero attached hydrogens (tertiary/aromatic N) is 5. The van der Waals surface area contributed by atoms with Gasteiger partial charge in [0.15, 0.2) is 0 Å². The van der Waals surface area contributed by atoms with Crippen molar-refractivity contribution in [3.05, 3.63) is 34.1 Å². The summed E-state index contributed by atoms with van der Waals surface area (Å²) in [5.41, 5.74) is 4.87. The molecule has 0 atom stereocenters. The molecule has 1 heterocycles. The molecule has 9 nitrogen and oxygen atoms in total. The number of halogens is 1. The summed E-state index contributed by atoms with van der Waals surface area (Å²) >= 11 is 0. The van der Waals surface area contributed by atoms with Gasteiger partial charge in [-0.05, 0) is 6.07 Å². The maximum Gasteiger partial charge on any atom is 0.328 e. The fourth-order valence-electron chi connectivity index (χ4n) is 1.41. The average Bonchev–Trinajstić information content (AvgIpc) is 2.37. The molecule has 0 saturated carbocycles. The number of nitro benzene ring substituents is 1. The number of nitrogen functional groups attached to an aromatic ring is 1. The van der Waals surface area contributed by atoms with Gasteiger partial charge < -0.3 is 15.4 Å². The van der Waals surface area contributed by atoms with E-state index in [9.17, 15) is 14.5 Å². The lowest BCUT2D eigenvalue weighted by molar-refractivity contribution is -0.387.